The minimum Gasteiger partial charge on any atom is -0.338 e. The summed E-state index contributed by atoms with van der Waals surface area (Å²) in [7, 11) is 1.84. The molecule has 1 spiro atoms. The van der Waals surface area contributed by atoms with Gasteiger partial charge in [0.25, 0.3) is 5.91 Å². The lowest BCUT2D eigenvalue weighted by molar-refractivity contribution is 0.0764. The normalized spacial score (nSPS) is 23.8. The van der Waals surface area contributed by atoms with E-state index in [9.17, 15) is 4.79 Å². The first-order chi connectivity index (χ1) is 11.7. The van der Waals surface area contributed by atoms with Crippen molar-refractivity contribution in [2.24, 2.45) is 12.5 Å². The molecule has 4 rings (SSSR count). The topological polar surface area (TPSA) is 63.1 Å². The summed E-state index contributed by atoms with van der Waals surface area (Å²) < 4.78 is 1.68. The molecular weight excluding hydrogens is 302 g/mol. The van der Waals surface area contributed by atoms with Crippen molar-refractivity contribution >= 4 is 5.91 Å². The molecule has 24 heavy (non-hydrogen) atoms. The summed E-state index contributed by atoms with van der Waals surface area (Å²) in [4.78, 5) is 19.1. The number of aryl methyl sites for hydroxylation is 1. The Morgan fingerprint density at radius 1 is 1.25 bits per heavy atom. The van der Waals surface area contributed by atoms with E-state index >= 15 is 0 Å². The molecule has 2 aromatic rings. The summed E-state index contributed by atoms with van der Waals surface area (Å²) in [6, 6.07) is 7.63. The molecule has 1 aromatic carbocycles. The van der Waals surface area contributed by atoms with Gasteiger partial charge in [0.2, 0.25) is 0 Å². The predicted molar refractivity (Wildman–Crippen MR) is 91.5 cm³/mol. The van der Waals surface area contributed by atoms with E-state index in [4.69, 9.17) is 0 Å². The van der Waals surface area contributed by atoms with E-state index < -0.39 is 0 Å². The van der Waals surface area contributed by atoms with Crippen molar-refractivity contribution < 1.29 is 4.79 Å². The predicted octanol–water partition coefficient (Wildman–Crippen LogP) is 1.70. The zero-order chi connectivity index (χ0) is 16.6. The summed E-state index contributed by atoms with van der Waals surface area (Å²) >= 11 is 0. The average molecular weight is 325 g/mol. The Bertz CT molecular complexity index is 730. The molecular formula is C18H23N5O. The zero-order valence-corrected chi connectivity index (χ0v) is 14.0. The van der Waals surface area contributed by atoms with Crippen LogP contribution in [0, 0.1) is 5.41 Å². The van der Waals surface area contributed by atoms with Crippen molar-refractivity contribution in [3.63, 3.8) is 0 Å². The maximum Gasteiger partial charge on any atom is 0.253 e. The molecule has 1 unspecified atom stereocenters. The van der Waals surface area contributed by atoms with Crippen molar-refractivity contribution in [1.82, 2.24) is 25.0 Å². The van der Waals surface area contributed by atoms with E-state index in [1.165, 1.54) is 12.8 Å². The number of likely N-dealkylation sites (tertiary alicyclic amines) is 1. The summed E-state index contributed by atoms with van der Waals surface area (Å²) in [6.45, 7) is 3.90. The second-order valence-electron chi connectivity index (χ2n) is 7.08. The molecule has 1 amide bonds. The van der Waals surface area contributed by atoms with Crippen LogP contribution in [-0.2, 0) is 7.05 Å². The van der Waals surface area contributed by atoms with E-state index in [2.05, 4.69) is 15.4 Å². The highest BCUT2D eigenvalue weighted by atomic mass is 16.2. The Hall–Kier alpha value is -2.21. The van der Waals surface area contributed by atoms with Crippen LogP contribution in [0.15, 0.2) is 30.6 Å². The van der Waals surface area contributed by atoms with Crippen molar-refractivity contribution in [3.05, 3.63) is 36.2 Å². The molecule has 1 atom stereocenters. The molecule has 0 radical (unpaired) electrons. The van der Waals surface area contributed by atoms with Crippen molar-refractivity contribution in [1.29, 1.82) is 0 Å². The van der Waals surface area contributed by atoms with Crippen LogP contribution in [0.5, 0.6) is 0 Å². The maximum absolute atomic E-state index is 12.8. The molecule has 1 aromatic heterocycles. The number of hydrogen-bond donors (Lipinski definition) is 1. The van der Waals surface area contributed by atoms with Crippen LogP contribution < -0.4 is 5.32 Å². The van der Waals surface area contributed by atoms with E-state index in [1.54, 1.807) is 11.0 Å². The molecule has 6 nitrogen and oxygen atoms in total. The smallest absolute Gasteiger partial charge is 0.253 e. The summed E-state index contributed by atoms with van der Waals surface area (Å²) in [5.74, 6) is 0.822. The molecule has 0 aliphatic carbocycles. The molecule has 1 N–H and O–H groups in total. The number of hydrogen-bond acceptors (Lipinski definition) is 4. The van der Waals surface area contributed by atoms with Crippen LogP contribution in [0.2, 0.25) is 0 Å². The SMILES string of the molecule is Cn1cnc(-c2ccc(C(=O)N3CCC4(CCCNC4)C3)cc2)n1. The highest BCUT2D eigenvalue weighted by Gasteiger charge is 2.40. The van der Waals surface area contributed by atoms with Gasteiger partial charge in [-0.1, -0.05) is 12.1 Å². The van der Waals surface area contributed by atoms with Crippen LogP contribution in [0.1, 0.15) is 29.6 Å². The molecule has 126 valence electrons. The molecule has 2 fully saturated rings. The van der Waals surface area contributed by atoms with Crippen LogP contribution in [0.25, 0.3) is 11.4 Å². The second kappa shape index (κ2) is 6.02. The number of carbonyl (C=O) groups excluding carboxylic acids is 1. The number of piperidine rings is 1. The van der Waals surface area contributed by atoms with Gasteiger partial charge in [-0.15, -0.1) is 0 Å². The number of benzene rings is 1. The Balaban J connectivity index is 1.47. The van der Waals surface area contributed by atoms with Gasteiger partial charge in [0, 0.05) is 43.2 Å². The van der Waals surface area contributed by atoms with Gasteiger partial charge in [-0.3, -0.25) is 9.48 Å². The van der Waals surface area contributed by atoms with Gasteiger partial charge in [-0.05, 0) is 37.9 Å². The largest absolute Gasteiger partial charge is 0.338 e. The quantitative estimate of drug-likeness (QED) is 0.913. The molecule has 0 bridgehead atoms. The van der Waals surface area contributed by atoms with Gasteiger partial charge in [-0.25, -0.2) is 4.98 Å². The lowest BCUT2D eigenvalue weighted by Gasteiger charge is -2.33. The van der Waals surface area contributed by atoms with Crippen LogP contribution in [0.4, 0.5) is 0 Å². The van der Waals surface area contributed by atoms with Gasteiger partial charge in [0.15, 0.2) is 5.82 Å². The number of nitrogens with one attached hydrogen (secondary N) is 1. The second-order valence-corrected chi connectivity index (χ2v) is 7.08. The molecule has 6 heteroatoms. The van der Waals surface area contributed by atoms with Crippen LogP contribution in [0.3, 0.4) is 0 Å². The molecule has 0 saturated carbocycles. The van der Waals surface area contributed by atoms with E-state index in [-0.39, 0.29) is 5.91 Å². The molecule has 2 saturated heterocycles. The average Bonchev–Trinajstić information content (AvgIpc) is 3.22. The van der Waals surface area contributed by atoms with Crippen LogP contribution >= 0.6 is 0 Å². The number of rotatable bonds is 2. The zero-order valence-electron chi connectivity index (χ0n) is 14.0. The highest BCUT2D eigenvalue weighted by molar-refractivity contribution is 5.94. The third-order valence-electron chi connectivity index (χ3n) is 5.28. The van der Waals surface area contributed by atoms with E-state index in [0.29, 0.717) is 11.2 Å². The van der Waals surface area contributed by atoms with E-state index in [0.717, 1.165) is 43.7 Å². The van der Waals surface area contributed by atoms with Gasteiger partial charge in [0.1, 0.15) is 6.33 Å². The highest BCUT2D eigenvalue weighted by Crippen LogP contribution is 2.36. The van der Waals surface area contributed by atoms with Gasteiger partial charge >= 0.3 is 0 Å². The summed E-state index contributed by atoms with van der Waals surface area (Å²) in [5.41, 5.74) is 1.98. The Morgan fingerprint density at radius 2 is 2.08 bits per heavy atom. The van der Waals surface area contributed by atoms with E-state index in [1.807, 2.05) is 36.2 Å². The van der Waals surface area contributed by atoms with Crippen molar-refractivity contribution in [3.8, 4) is 11.4 Å². The van der Waals surface area contributed by atoms with Crippen molar-refractivity contribution in [2.75, 3.05) is 26.2 Å². The van der Waals surface area contributed by atoms with Gasteiger partial charge in [0.05, 0.1) is 0 Å². The van der Waals surface area contributed by atoms with Gasteiger partial charge < -0.3 is 10.2 Å². The lowest BCUT2D eigenvalue weighted by atomic mass is 9.80. The van der Waals surface area contributed by atoms with Gasteiger partial charge in [-0.2, -0.15) is 5.10 Å². The minimum atomic E-state index is 0.137. The number of carbonyl (C=O) groups is 1. The van der Waals surface area contributed by atoms with Crippen molar-refractivity contribution in [2.45, 2.75) is 19.3 Å². The standard InChI is InChI=1S/C18H23N5O/c1-22-13-20-16(21-22)14-3-5-15(6-4-14)17(24)23-10-8-18(12-23)7-2-9-19-11-18/h3-6,13,19H,2,7-12H2,1H3. The summed E-state index contributed by atoms with van der Waals surface area (Å²) in [5, 5.41) is 7.78. The fourth-order valence-corrected chi connectivity index (χ4v) is 3.90. The Kier molecular flexibility index (Phi) is 3.84. The third kappa shape index (κ3) is 2.82. The molecule has 3 heterocycles. The number of amides is 1. The molecule has 2 aliphatic rings. The maximum atomic E-state index is 12.8. The molecule has 2 aliphatic heterocycles. The minimum absolute atomic E-state index is 0.137. The first-order valence-electron chi connectivity index (χ1n) is 8.61. The Labute approximate surface area is 141 Å². The monoisotopic (exact) mass is 325 g/mol. The number of nitrogens with zero attached hydrogens (tertiary/aromatic N) is 4. The first-order valence-corrected chi connectivity index (χ1v) is 8.61. The van der Waals surface area contributed by atoms with Crippen LogP contribution in [-0.4, -0.2) is 51.8 Å². The fourth-order valence-electron chi connectivity index (χ4n) is 3.90. The lowest BCUT2D eigenvalue weighted by Crippen LogP contribution is -2.42. The first kappa shape index (κ1) is 15.3. The third-order valence-corrected chi connectivity index (χ3v) is 5.28. The Morgan fingerprint density at radius 3 is 2.75 bits per heavy atom. The fraction of sp³-hybridized carbons (Fsp3) is 0.500. The summed E-state index contributed by atoms with van der Waals surface area (Å²) in [6.07, 6.45) is 5.24. The number of aromatic nitrogens is 3.